The third-order valence-corrected chi connectivity index (χ3v) is 3.95. The van der Waals surface area contributed by atoms with E-state index in [9.17, 15) is 4.79 Å². The Hall–Kier alpha value is -1.66. The lowest BCUT2D eigenvalue weighted by molar-refractivity contribution is -0.121. The van der Waals surface area contributed by atoms with Crippen LogP contribution in [0, 0.1) is 0 Å². The maximum Gasteiger partial charge on any atom is 0.221 e. The van der Waals surface area contributed by atoms with E-state index < -0.39 is 0 Å². The van der Waals surface area contributed by atoms with Crippen LogP contribution in [0.3, 0.4) is 0 Å². The summed E-state index contributed by atoms with van der Waals surface area (Å²) in [6, 6.07) is 6.00. The first-order valence-corrected chi connectivity index (χ1v) is 8.14. The first-order valence-electron chi connectivity index (χ1n) is 8.14. The molecule has 1 fully saturated rings. The zero-order valence-electron chi connectivity index (χ0n) is 13.2. The Balaban J connectivity index is 1.60. The number of carbonyl (C=O) groups is 1. The van der Waals surface area contributed by atoms with Crippen molar-refractivity contribution in [2.45, 2.75) is 19.3 Å². The molecule has 0 atom stereocenters. The molecule has 122 valence electrons. The molecule has 1 aromatic heterocycles. The van der Waals surface area contributed by atoms with Gasteiger partial charge in [0.05, 0.1) is 0 Å². The standard InChI is InChI=1S/C16H27N5O/c17-7-2-4-9-19-16(22)6-10-20-11-13-21(14-12-20)15-5-1-3-8-18-15/h1,3,5,8H,2,4,6-7,9-14,17H2,(H,19,22). The van der Waals surface area contributed by atoms with Crippen LogP contribution in [0.5, 0.6) is 0 Å². The molecule has 2 heterocycles. The molecule has 2 rings (SSSR count). The third-order valence-electron chi connectivity index (χ3n) is 3.95. The minimum atomic E-state index is 0.143. The average Bonchev–Trinajstić information content (AvgIpc) is 2.58. The molecule has 6 heteroatoms. The molecule has 1 aliphatic rings. The molecule has 1 amide bonds. The highest BCUT2D eigenvalue weighted by molar-refractivity contribution is 5.76. The number of nitrogens with two attached hydrogens (primary N) is 1. The number of nitrogens with zero attached hydrogens (tertiary/aromatic N) is 3. The number of rotatable bonds is 8. The second-order valence-electron chi connectivity index (χ2n) is 5.61. The number of anilines is 1. The fourth-order valence-electron chi connectivity index (χ4n) is 2.59. The van der Waals surface area contributed by atoms with Gasteiger partial charge >= 0.3 is 0 Å². The highest BCUT2D eigenvalue weighted by Crippen LogP contribution is 2.12. The second kappa shape index (κ2) is 9.38. The van der Waals surface area contributed by atoms with Crippen LogP contribution >= 0.6 is 0 Å². The lowest BCUT2D eigenvalue weighted by Crippen LogP contribution is -2.47. The first-order chi connectivity index (χ1) is 10.8. The van der Waals surface area contributed by atoms with Gasteiger partial charge in [-0.25, -0.2) is 4.98 Å². The summed E-state index contributed by atoms with van der Waals surface area (Å²) in [4.78, 5) is 20.8. The van der Waals surface area contributed by atoms with Gasteiger partial charge < -0.3 is 16.0 Å². The van der Waals surface area contributed by atoms with Gasteiger partial charge in [-0.3, -0.25) is 9.69 Å². The molecule has 0 aliphatic carbocycles. The summed E-state index contributed by atoms with van der Waals surface area (Å²) < 4.78 is 0. The van der Waals surface area contributed by atoms with E-state index >= 15 is 0 Å². The minimum Gasteiger partial charge on any atom is -0.356 e. The molecular formula is C16H27N5O. The summed E-state index contributed by atoms with van der Waals surface area (Å²) in [6.07, 6.45) is 4.34. The molecule has 1 aromatic rings. The number of hydrogen-bond donors (Lipinski definition) is 2. The van der Waals surface area contributed by atoms with Gasteiger partial charge in [0.1, 0.15) is 5.82 Å². The Kier molecular flexibility index (Phi) is 7.12. The summed E-state index contributed by atoms with van der Waals surface area (Å²) in [5.74, 6) is 1.18. The normalized spacial score (nSPS) is 15.8. The summed E-state index contributed by atoms with van der Waals surface area (Å²) >= 11 is 0. The molecule has 22 heavy (non-hydrogen) atoms. The van der Waals surface area contributed by atoms with Crippen molar-refractivity contribution in [3.63, 3.8) is 0 Å². The second-order valence-corrected chi connectivity index (χ2v) is 5.61. The van der Waals surface area contributed by atoms with E-state index in [0.29, 0.717) is 13.0 Å². The summed E-state index contributed by atoms with van der Waals surface area (Å²) in [5.41, 5.74) is 5.43. The van der Waals surface area contributed by atoms with Crippen LogP contribution in [0.1, 0.15) is 19.3 Å². The van der Waals surface area contributed by atoms with Gasteiger partial charge in [0.2, 0.25) is 5.91 Å². The van der Waals surface area contributed by atoms with Crippen LogP contribution in [-0.4, -0.2) is 61.6 Å². The first kappa shape index (κ1) is 16.7. The Morgan fingerprint density at radius 1 is 1.23 bits per heavy atom. The molecule has 0 bridgehead atoms. The van der Waals surface area contributed by atoms with E-state index in [1.54, 1.807) is 0 Å². The monoisotopic (exact) mass is 305 g/mol. The van der Waals surface area contributed by atoms with Crippen LogP contribution in [0.4, 0.5) is 5.82 Å². The molecule has 0 aromatic carbocycles. The van der Waals surface area contributed by atoms with Crippen molar-refractivity contribution < 1.29 is 4.79 Å². The van der Waals surface area contributed by atoms with Crippen LogP contribution in [0.15, 0.2) is 24.4 Å². The zero-order valence-corrected chi connectivity index (χ0v) is 13.2. The van der Waals surface area contributed by atoms with Gasteiger partial charge in [-0.1, -0.05) is 6.07 Å². The molecule has 0 radical (unpaired) electrons. The Morgan fingerprint density at radius 2 is 2.05 bits per heavy atom. The molecule has 3 N–H and O–H groups in total. The van der Waals surface area contributed by atoms with E-state index in [2.05, 4.69) is 20.1 Å². The van der Waals surface area contributed by atoms with Crippen LogP contribution in [0.25, 0.3) is 0 Å². The number of nitrogens with one attached hydrogen (secondary N) is 1. The fraction of sp³-hybridized carbons (Fsp3) is 0.625. The van der Waals surface area contributed by atoms with Crippen LogP contribution in [0.2, 0.25) is 0 Å². The van der Waals surface area contributed by atoms with Gasteiger partial charge in [0, 0.05) is 51.9 Å². The summed E-state index contributed by atoms with van der Waals surface area (Å²) in [7, 11) is 0. The molecule has 6 nitrogen and oxygen atoms in total. The SMILES string of the molecule is NCCCCNC(=O)CCN1CCN(c2ccccn2)CC1. The number of aromatic nitrogens is 1. The number of unbranched alkanes of at least 4 members (excludes halogenated alkanes) is 1. The zero-order chi connectivity index (χ0) is 15.6. The highest BCUT2D eigenvalue weighted by Gasteiger charge is 2.18. The van der Waals surface area contributed by atoms with Crippen molar-refractivity contribution in [3.8, 4) is 0 Å². The Morgan fingerprint density at radius 3 is 2.73 bits per heavy atom. The van der Waals surface area contributed by atoms with Crippen molar-refractivity contribution >= 4 is 11.7 Å². The predicted molar refractivity (Wildman–Crippen MR) is 88.8 cm³/mol. The van der Waals surface area contributed by atoms with Gasteiger partial charge in [-0.05, 0) is 31.5 Å². The fourth-order valence-corrected chi connectivity index (χ4v) is 2.59. The maximum absolute atomic E-state index is 11.7. The number of pyridine rings is 1. The molecule has 0 unspecified atom stereocenters. The number of piperazine rings is 1. The Bertz CT molecular complexity index is 431. The van der Waals surface area contributed by atoms with E-state index in [4.69, 9.17) is 5.73 Å². The smallest absolute Gasteiger partial charge is 0.221 e. The van der Waals surface area contributed by atoms with E-state index in [-0.39, 0.29) is 5.91 Å². The molecule has 0 spiro atoms. The van der Waals surface area contributed by atoms with Gasteiger partial charge in [0.25, 0.3) is 0 Å². The molecule has 0 saturated carbocycles. The lowest BCUT2D eigenvalue weighted by atomic mass is 10.2. The minimum absolute atomic E-state index is 0.143. The van der Waals surface area contributed by atoms with Crippen molar-refractivity contribution in [3.05, 3.63) is 24.4 Å². The van der Waals surface area contributed by atoms with Gasteiger partial charge in [-0.2, -0.15) is 0 Å². The number of amides is 1. The summed E-state index contributed by atoms with van der Waals surface area (Å²) in [6.45, 7) is 6.16. The van der Waals surface area contributed by atoms with Gasteiger partial charge in [0.15, 0.2) is 0 Å². The highest BCUT2D eigenvalue weighted by atomic mass is 16.1. The maximum atomic E-state index is 11.7. The summed E-state index contributed by atoms with van der Waals surface area (Å²) in [5, 5.41) is 2.95. The third kappa shape index (κ3) is 5.61. The Labute approximate surface area is 132 Å². The van der Waals surface area contributed by atoms with Crippen molar-refractivity contribution in [2.75, 3.05) is 50.7 Å². The van der Waals surface area contributed by atoms with Crippen molar-refractivity contribution in [2.24, 2.45) is 5.73 Å². The largest absolute Gasteiger partial charge is 0.356 e. The predicted octanol–water partition coefficient (Wildman–Crippen LogP) is 0.449. The van der Waals surface area contributed by atoms with Crippen LogP contribution < -0.4 is 16.0 Å². The van der Waals surface area contributed by atoms with Crippen molar-refractivity contribution in [1.29, 1.82) is 0 Å². The van der Waals surface area contributed by atoms with Crippen LogP contribution in [-0.2, 0) is 4.79 Å². The lowest BCUT2D eigenvalue weighted by Gasteiger charge is -2.35. The molecular weight excluding hydrogens is 278 g/mol. The van der Waals surface area contributed by atoms with Gasteiger partial charge in [-0.15, -0.1) is 0 Å². The van der Waals surface area contributed by atoms with Crippen molar-refractivity contribution in [1.82, 2.24) is 15.2 Å². The average molecular weight is 305 g/mol. The molecule has 1 aliphatic heterocycles. The van der Waals surface area contributed by atoms with E-state index in [1.807, 2.05) is 24.4 Å². The number of hydrogen-bond acceptors (Lipinski definition) is 5. The molecule has 1 saturated heterocycles. The van der Waals surface area contributed by atoms with E-state index in [0.717, 1.165) is 57.9 Å². The quantitative estimate of drug-likeness (QED) is 0.682. The number of carbonyl (C=O) groups excluding carboxylic acids is 1. The topological polar surface area (TPSA) is 74.5 Å². The van der Waals surface area contributed by atoms with E-state index in [1.165, 1.54) is 0 Å².